The molecule has 7 rings (SSSR count). The van der Waals surface area contributed by atoms with Crippen LogP contribution in [-0.2, 0) is 19.3 Å². The predicted octanol–water partition coefficient (Wildman–Crippen LogP) is 12.1. The molecule has 0 radical (unpaired) electrons. The van der Waals surface area contributed by atoms with Gasteiger partial charge in [0.2, 0.25) is 0 Å². The normalized spacial score (nSPS) is 18.2. The summed E-state index contributed by atoms with van der Waals surface area (Å²) in [6, 6.07) is 52.3. The summed E-state index contributed by atoms with van der Waals surface area (Å²) in [5.74, 6) is 3.49. The Morgan fingerprint density at radius 3 is 1.41 bits per heavy atom. The van der Waals surface area contributed by atoms with Gasteiger partial charge in [-0.25, -0.2) is 0 Å². The van der Waals surface area contributed by atoms with Gasteiger partial charge in [-0.15, -0.1) is 0 Å². The Kier molecular flexibility index (Phi) is 11.8. The van der Waals surface area contributed by atoms with Gasteiger partial charge < -0.3 is 0 Å². The zero-order chi connectivity index (χ0) is 37.3. The number of rotatable bonds is 15. The maximum absolute atomic E-state index is 7.22. The number of nitrogens with one attached hydrogen (secondary N) is 2. The third-order valence-corrected chi connectivity index (χ3v) is 18.6. The standard InChI is InChI=1S/C42H46N3O6P3/c1-4-34-22-16-19-31-40(34)49-52(46-37-25-10-7-11-26-37)43-53(47-38-27-12-8-13-28-38,50-41-32-20-17-23-35(41)5-2)45-54(44-52,48-39-29-14-9-15-30-39)51-42-33-21-18-24-36(42)6-3/h7-33,43-44,52-53H,4-6H2,1-3H3. The molecule has 0 saturated heterocycles. The summed E-state index contributed by atoms with van der Waals surface area (Å²) < 4.78 is 48.3. The van der Waals surface area contributed by atoms with Gasteiger partial charge in [0.25, 0.3) is 0 Å². The van der Waals surface area contributed by atoms with Gasteiger partial charge in [-0.3, -0.25) is 0 Å². The van der Waals surface area contributed by atoms with E-state index >= 15 is 0 Å². The van der Waals surface area contributed by atoms with E-state index in [1.165, 1.54) is 0 Å². The number of hydrogen-bond donors (Lipinski definition) is 2. The molecule has 280 valence electrons. The van der Waals surface area contributed by atoms with E-state index < -0.39 is 23.7 Å². The molecule has 0 bridgehead atoms. The summed E-state index contributed by atoms with van der Waals surface area (Å²) in [5.41, 5.74) is 2.95. The second kappa shape index (κ2) is 17.1. The molecule has 12 heteroatoms. The van der Waals surface area contributed by atoms with Crippen LogP contribution in [0, 0.1) is 0 Å². The van der Waals surface area contributed by atoms with Crippen molar-refractivity contribution in [3.05, 3.63) is 180 Å². The van der Waals surface area contributed by atoms with Crippen LogP contribution in [0.4, 0.5) is 0 Å². The van der Waals surface area contributed by atoms with E-state index in [0.717, 1.165) is 29.5 Å². The Morgan fingerprint density at radius 1 is 0.444 bits per heavy atom. The quantitative estimate of drug-likeness (QED) is 0.0995. The zero-order valence-electron chi connectivity index (χ0n) is 30.6. The van der Waals surface area contributed by atoms with Gasteiger partial charge >= 0.3 is 320 Å². The fourth-order valence-corrected chi connectivity index (χ4v) is 17.7. The number of para-hydroxylation sites is 6. The van der Waals surface area contributed by atoms with Crippen molar-refractivity contribution in [2.45, 2.75) is 40.0 Å². The number of benzene rings is 6. The molecule has 0 spiro atoms. The van der Waals surface area contributed by atoms with Gasteiger partial charge in [-0.1, -0.05) is 0 Å². The van der Waals surface area contributed by atoms with Crippen LogP contribution < -0.4 is 36.9 Å². The van der Waals surface area contributed by atoms with Gasteiger partial charge in [0.15, 0.2) is 0 Å². The molecular formula is C42H46N3O6P3. The van der Waals surface area contributed by atoms with Crippen LogP contribution in [0.15, 0.2) is 168 Å². The van der Waals surface area contributed by atoms with Crippen molar-refractivity contribution in [3.63, 3.8) is 0 Å². The van der Waals surface area contributed by atoms with E-state index in [9.17, 15) is 0 Å². The van der Waals surface area contributed by atoms with Gasteiger partial charge in [0, 0.05) is 0 Å². The van der Waals surface area contributed by atoms with Crippen LogP contribution in [0.1, 0.15) is 37.5 Å². The zero-order valence-corrected chi connectivity index (χ0v) is 33.4. The van der Waals surface area contributed by atoms with Crippen LogP contribution in [0.5, 0.6) is 34.5 Å². The molecular weight excluding hydrogens is 735 g/mol. The van der Waals surface area contributed by atoms with Crippen LogP contribution in [0.2, 0.25) is 0 Å². The second-order valence-corrected chi connectivity index (χ2v) is 19.8. The molecule has 2 N–H and O–H groups in total. The van der Waals surface area contributed by atoms with Crippen LogP contribution >= 0.6 is 23.7 Å². The van der Waals surface area contributed by atoms with E-state index in [1.54, 1.807) is 0 Å². The molecule has 1 aliphatic rings. The molecule has 0 aliphatic carbocycles. The third kappa shape index (κ3) is 8.90. The predicted molar refractivity (Wildman–Crippen MR) is 223 cm³/mol. The fourth-order valence-electron chi connectivity index (χ4n) is 6.02. The molecule has 9 nitrogen and oxygen atoms in total. The van der Waals surface area contributed by atoms with Crippen LogP contribution in [0.3, 0.4) is 0 Å². The van der Waals surface area contributed by atoms with E-state index in [-0.39, 0.29) is 0 Å². The molecule has 0 fully saturated rings. The van der Waals surface area contributed by atoms with Crippen molar-refractivity contribution in [3.8, 4) is 34.5 Å². The topological polar surface area (TPSA) is 91.8 Å². The van der Waals surface area contributed by atoms with E-state index in [0.29, 0.717) is 40.9 Å². The molecule has 6 aromatic rings. The van der Waals surface area contributed by atoms with E-state index in [2.05, 4.69) is 30.5 Å². The van der Waals surface area contributed by atoms with E-state index in [1.807, 2.05) is 164 Å². The first-order valence-corrected chi connectivity index (χ1v) is 23.4. The van der Waals surface area contributed by atoms with Crippen LogP contribution in [0.25, 0.3) is 0 Å². The minimum absolute atomic E-state index is 0.533. The summed E-state index contributed by atoms with van der Waals surface area (Å²) in [4.78, 5) is 7.40. The molecule has 54 heavy (non-hydrogen) atoms. The Morgan fingerprint density at radius 2 is 0.870 bits per heavy atom. The van der Waals surface area contributed by atoms with E-state index in [4.69, 9.17) is 31.7 Å². The summed E-state index contributed by atoms with van der Waals surface area (Å²) in [7, 11) is -12.1. The number of hydrogen-bond acceptors (Lipinski definition) is 9. The monoisotopic (exact) mass is 781 g/mol. The fraction of sp³-hybridized carbons (Fsp3) is 0.143. The molecule has 0 aromatic heterocycles. The third-order valence-electron chi connectivity index (χ3n) is 8.64. The Hall–Kier alpha value is -4.87. The molecule has 6 aromatic carbocycles. The van der Waals surface area contributed by atoms with Gasteiger partial charge in [-0.2, -0.15) is 0 Å². The van der Waals surface area contributed by atoms with Crippen molar-refractivity contribution < 1.29 is 27.1 Å². The summed E-state index contributed by atoms with van der Waals surface area (Å²) in [6.07, 6.45) is 2.16. The van der Waals surface area contributed by atoms with Gasteiger partial charge in [0.05, 0.1) is 0 Å². The van der Waals surface area contributed by atoms with Crippen molar-refractivity contribution in [2.75, 3.05) is 0 Å². The Bertz CT molecular complexity index is 2200. The summed E-state index contributed by atoms with van der Waals surface area (Å²) >= 11 is 0. The molecule has 1 aliphatic heterocycles. The minimum atomic E-state index is -4.23. The first-order valence-electron chi connectivity index (χ1n) is 18.2. The van der Waals surface area contributed by atoms with Crippen molar-refractivity contribution in [2.24, 2.45) is 4.52 Å². The van der Waals surface area contributed by atoms with Gasteiger partial charge in [-0.05, 0) is 0 Å². The average molecular weight is 782 g/mol. The van der Waals surface area contributed by atoms with Crippen LogP contribution in [-0.4, -0.2) is 0 Å². The molecule has 1 unspecified atom stereocenters. The molecule has 1 atom stereocenters. The Balaban J connectivity index is 1.53. The first-order chi connectivity index (χ1) is 26.4. The molecule has 0 amide bonds. The summed E-state index contributed by atoms with van der Waals surface area (Å²) in [6.45, 7) is 6.27. The van der Waals surface area contributed by atoms with Gasteiger partial charge in [0.1, 0.15) is 0 Å². The Labute approximate surface area is 319 Å². The average Bonchev–Trinajstić information content (AvgIpc) is 3.19. The number of nitrogens with zero attached hydrogens (tertiary/aromatic N) is 1. The summed E-state index contributed by atoms with van der Waals surface area (Å²) in [5, 5.41) is 0. The SMILES string of the molecule is CCc1ccccc1OP1(Oc2ccccc2)=N[PH](Oc2ccccc2)(Oc2ccccc2CC)N[PH](Oc2ccccc2)(Oc2ccccc2CC)N1. The van der Waals surface area contributed by atoms with Crippen molar-refractivity contribution in [1.29, 1.82) is 0 Å². The maximum atomic E-state index is 7.22. The van der Waals surface area contributed by atoms with Crippen molar-refractivity contribution >= 4 is 23.7 Å². The molecule has 1 heterocycles. The second-order valence-electron chi connectivity index (χ2n) is 12.5. The molecule has 0 saturated carbocycles. The number of aryl methyl sites for hydroxylation is 3. The first kappa shape index (κ1) is 37.4. The van der Waals surface area contributed by atoms with Crippen molar-refractivity contribution in [1.82, 2.24) is 9.72 Å².